The number of aromatic nitrogens is 2. The zero-order valence-corrected chi connectivity index (χ0v) is 9.50. The van der Waals surface area contributed by atoms with Crippen LogP contribution in [0.3, 0.4) is 0 Å². The zero-order valence-electron chi connectivity index (χ0n) is 8.69. The second-order valence-corrected chi connectivity index (χ2v) is 4.05. The molecule has 1 heterocycles. The molecule has 0 fully saturated rings. The molecule has 0 aromatic carbocycles. The molecule has 84 valence electrons. The van der Waals surface area contributed by atoms with Crippen molar-refractivity contribution >= 4 is 17.7 Å². The Labute approximate surface area is 92.1 Å². The van der Waals surface area contributed by atoms with Crippen LogP contribution >= 0.6 is 11.8 Å². The lowest BCUT2D eigenvalue weighted by Crippen LogP contribution is -2.26. The van der Waals surface area contributed by atoms with Gasteiger partial charge in [-0.3, -0.25) is 9.48 Å². The van der Waals surface area contributed by atoms with Crippen molar-refractivity contribution < 1.29 is 9.63 Å². The Hall–Kier alpha value is -1.05. The van der Waals surface area contributed by atoms with E-state index in [0.717, 1.165) is 10.7 Å². The molecule has 15 heavy (non-hydrogen) atoms. The van der Waals surface area contributed by atoms with E-state index >= 15 is 0 Å². The molecule has 0 saturated carbocycles. The van der Waals surface area contributed by atoms with E-state index in [-0.39, 0.29) is 5.97 Å². The molecule has 0 aliphatic carbocycles. The Morgan fingerprint density at radius 1 is 1.80 bits per heavy atom. The maximum Gasteiger partial charge on any atom is 0.327 e. The first-order valence-electron chi connectivity index (χ1n) is 4.42. The predicted octanol–water partition coefficient (Wildman–Crippen LogP) is 0.132. The fourth-order valence-electron chi connectivity index (χ4n) is 1.08. The highest BCUT2D eigenvalue weighted by Gasteiger charge is 2.05. The largest absolute Gasteiger partial charge is 0.356 e. The van der Waals surface area contributed by atoms with Crippen LogP contribution in [-0.4, -0.2) is 21.5 Å². The Morgan fingerprint density at radius 2 is 2.53 bits per heavy atom. The van der Waals surface area contributed by atoms with Crippen LogP contribution in [0.1, 0.15) is 12.1 Å². The summed E-state index contributed by atoms with van der Waals surface area (Å²) >= 11 is 1.55. The first kappa shape index (κ1) is 12.0. The molecule has 0 saturated heterocycles. The van der Waals surface area contributed by atoms with Gasteiger partial charge < -0.3 is 4.84 Å². The Bertz CT molecular complexity index is 339. The third-order valence-electron chi connectivity index (χ3n) is 1.69. The summed E-state index contributed by atoms with van der Waals surface area (Å²) in [6.45, 7) is 1.93. The Balaban J connectivity index is 2.31. The van der Waals surface area contributed by atoms with Gasteiger partial charge >= 0.3 is 5.97 Å². The van der Waals surface area contributed by atoms with Gasteiger partial charge in [-0.2, -0.15) is 5.10 Å². The summed E-state index contributed by atoms with van der Waals surface area (Å²) < 4.78 is 1.78. The predicted molar refractivity (Wildman–Crippen MR) is 56.7 cm³/mol. The number of hydrogen-bond acceptors (Lipinski definition) is 6. The molecule has 0 atom stereocenters. The van der Waals surface area contributed by atoms with Gasteiger partial charge in [0.05, 0.1) is 17.1 Å². The summed E-state index contributed by atoms with van der Waals surface area (Å²) in [4.78, 5) is 15.3. The molecule has 0 aliphatic rings. The van der Waals surface area contributed by atoms with Crippen LogP contribution in [0.25, 0.3) is 0 Å². The molecule has 6 nitrogen and oxygen atoms in total. The number of aryl methyl sites for hydroxylation is 2. The maximum absolute atomic E-state index is 10.9. The maximum atomic E-state index is 10.9. The minimum atomic E-state index is -0.371. The van der Waals surface area contributed by atoms with Crippen molar-refractivity contribution in [3.8, 4) is 0 Å². The molecular formula is C8H14N4O2S. The highest BCUT2D eigenvalue weighted by molar-refractivity contribution is 7.99. The average molecular weight is 230 g/mol. The molecular weight excluding hydrogens is 216 g/mol. The van der Waals surface area contributed by atoms with Crippen LogP contribution < -0.4 is 11.4 Å². The minimum Gasteiger partial charge on any atom is -0.356 e. The van der Waals surface area contributed by atoms with Crippen molar-refractivity contribution in [1.82, 2.24) is 15.4 Å². The lowest BCUT2D eigenvalue weighted by Gasteiger charge is -2.01. The van der Waals surface area contributed by atoms with Gasteiger partial charge in [-0.25, -0.2) is 5.84 Å². The van der Waals surface area contributed by atoms with Gasteiger partial charge in [0.1, 0.15) is 0 Å². The molecule has 1 aromatic heterocycles. The number of carbonyl (C=O) groups excluding carboxylic acids is 1. The average Bonchev–Trinajstić information content (AvgIpc) is 2.46. The summed E-state index contributed by atoms with van der Waals surface area (Å²) in [6.07, 6.45) is 0.305. The molecule has 0 unspecified atom stereocenters. The third kappa shape index (κ3) is 3.90. The number of hydrogen-bond donors (Lipinski definition) is 2. The Morgan fingerprint density at radius 3 is 3.07 bits per heavy atom. The summed E-state index contributed by atoms with van der Waals surface area (Å²) in [7, 11) is 1.87. The van der Waals surface area contributed by atoms with Gasteiger partial charge in [0.15, 0.2) is 0 Å². The van der Waals surface area contributed by atoms with Gasteiger partial charge in [0.2, 0.25) is 0 Å². The number of hydrazine groups is 1. The molecule has 3 N–H and O–H groups in total. The van der Waals surface area contributed by atoms with Crippen LogP contribution in [0, 0.1) is 6.92 Å². The molecule has 1 aromatic rings. The third-order valence-corrected chi connectivity index (χ3v) is 2.77. The SMILES string of the molecule is Cc1cc(SCCC(=O)ONN)n(C)n1. The van der Waals surface area contributed by atoms with Crippen molar-refractivity contribution in [2.75, 3.05) is 5.75 Å². The highest BCUT2D eigenvalue weighted by Crippen LogP contribution is 2.18. The lowest BCUT2D eigenvalue weighted by molar-refractivity contribution is -0.150. The van der Waals surface area contributed by atoms with Crippen molar-refractivity contribution in [3.05, 3.63) is 11.8 Å². The first-order valence-corrected chi connectivity index (χ1v) is 5.40. The Kier molecular flexibility index (Phi) is 4.60. The summed E-state index contributed by atoms with van der Waals surface area (Å²) in [5, 5.41) is 5.22. The van der Waals surface area contributed by atoms with Gasteiger partial charge in [-0.05, 0) is 13.0 Å². The van der Waals surface area contributed by atoms with Gasteiger partial charge in [-0.15, -0.1) is 11.8 Å². The number of nitrogens with one attached hydrogen (secondary N) is 1. The number of nitrogens with zero attached hydrogens (tertiary/aromatic N) is 2. The monoisotopic (exact) mass is 230 g/mol. The van der Waals surface area contributed by atoms with E-state index < -0.39 is 0 Å². The molecule has 0 amide bonds. The van der Waals surface area contributed by atoms with Crippen LogP contribution in [0.2, 0.25) is 0 Å². The number of rotatable bonds is 5. The molecule has 0 aliphatic heterocycles. The van der Waals surface area contributed by atoms with Crippen LogP contribution in [0.15, 0.2) is 11.1 Å². The van der Waals surface area contributed by atoms with E-state index in [1.54, 1.807) is 16.4 Å². The van der Waals surface area contributed by atoms with E-state index in [1.807, 2.05) is 25.6 Å². The topological polar surface area (TPSA) is 82.2 Å². The van der Waals surface area contributed by atoms with Crippen LogP contribution in [0.5, 0.6) is 0 Å². The van der Waals surface area contributed by atoms with E-state index in [9.17, 15) is 4.79 Å². The van der Waals surface area contributed by atoms with Crippen molar-refractivity contribution in [1.29, 1.82) is 0 Å². The number of carbonyl (C=O) groups is 1. The zero-order chi connectivity index (χ0) is 11.3. The first-order chi connectivity index (χ1) is 7.13. The van der Waals surface area contributed by atoms with Gasteiger partial charge in [0.25, 0.3) is 0 Å². The molecule has 0 radical (unpaired) electrons. The summed E-state index contributed by atoms with van der Waals surface area (Å²) in [6, 6.07) is 1.97. The minimum absolute atomic E-state index is 0.305. The fraction of sp³-hybridized carbons (Fsp3) is 0.500. The molecule has 0 spiro atoms. The number of thioether (sulfide) groups is 1. The summed E-state index contributed by atoms with van der Waals surface area (Å²) in [5.74, 6) is 5.09. The smallest absolute Gasteiger partial charge is 0.327 e. The van der Waals surface area contributed by atoms with E-state index in [4.69, 9.17) is 5.84 Å². The standard InChI is InChI=1S/C8H14N4O2S/c1-6-5-7(12(2)10-6)15-4-3-8(13)14-11-9/h5,11H,3-4,9H2,1-2H3. The lowest BCUT2D eigenvalue weighted by atomic mass is 10.5. The van der Waals surface area contributed by atoms with Crippen LogP contribution in [-0.2, 0) is 16.7 Å². The normalized spacial score (nSPS) is 10.3. The second-order valence-electron chi connectivity index (χ2n) is 2.94. The van der Waals surface area contributed by atoms with E-state index in [0.29, 0.717) is 12.2 Å². The molecule has 0 bridgehead atoms. The summed E-state index contributed by atoms with van der Waals surface area (Å²) in [5.41, 5.74) is 2.82. The molecule has 7 heteroatoms. The van der Waals surface area contributed by atoms with Crippen molar-refractivity contribution in [2.24, 2.45) is 12.9 Å². The fourth-order valence-corrected chi connectivity index (χ4v) is 2.04. The van der Waals surface area contributed by atoms with Gasteiger partial charge in [0, 0.05) is 12.8 Å². The highest BCUT2D eigenvalue weighted by atomic mass is 32.2. The molecule has 1 rings (SSSR count). The van der Waals surface area contributed by atoms with E-state index in [2.05, 4.69) is 9.94 Å². The van der Waals surface area contributed by atoms with Crippen LogP contribution in [0.4, 0.5) is 0 Å². The van der Waals surface area contributed by atoms with Crippen molar-refractivity contribution in [3.63, 3.8) is 0 Å². The van der Waals surface area contributed by atoms with Gasteiger partial charge in [-0.1, -0.05) is 5.59 Å². The quantitative estimate of drug-likeness (QED) is 0.425. The number of nitrogens with two attached hydrogens (primary N) is 1. The van der Waals surface area contributed by atoms with E-state index in [1.165, 1.54) is 0 Å². The van der Waals surface area contributed by atoms with Crippen molar-refractivity contribution in [2.45, 2.75) is 18.4 Å². The second kappa shape index (κ2) is 5.74.